The van der Waals surface area contributed by atoms with Crippen LogP contribution in [0.25, 0.3) is 5.82 Å². The Labute approximate surface area is 143 Å². The first-order valence-corrected chi connectivity index (χ1v) is 8.57. The molecule has 0 atom stereocenters. The Kier molecular flexibility index (Phi) is 4.19. The number of nitro benzene ring substituents is 1. The first-order valence-electron chi connectivity index (χ1n) is 7.09. The third-order valence-electron chi connectivity index (χ3n) is 3.44. The number of anilines is 1. The predicted octanol–water partition coefficient (Wildman–Crippen LogP) is 2.28. The largest absolute Gasteiger partial charge is 0.291 e. The van der Waals surface area contributed by atoms with Gasteiger partial charge in [0.1, 0.15) is 12.1 Å². The molecule has 0 amide bonds. The Morgan fingerprint density at radius 2 is 2.04 bits per heavy atom. The van der Waals surface area contributed by atoms with E-state index < -0.39 is 14.9 Å². The number of aryl methyl sites for hydroxylation is 1. The van der Waals surface area contributed by atoms with Crippen LogP contribution in [-0.4, -0.2) is 27.9 Å². The maximum Gasteiger partial charge on any atom is 0.270 e. The lowest BCUT2D eigenvalue weighted by atomic mass is 10.2. The molecule has 0 spiro atoms. The highest BCUT2D eigenvalue weighted by Gasteiger charge is 2.20. The monoisotopic (exact) mass is 359 g/mol. The van der Waals surface area contributed by atoms with Crippen molar-refractivity contribution in [2.24, 2.45) is 0 Å². The number of hydrogen-bond acceptors (Lipinski definition) is 6. The van der Waals surface area contributed by atoms with Gasteiger partial charge in [-0.05, 0) is 24.6 Å². The molecule has 0 unspecified atom stereocenters. The number of aromatic nitrogens is 3. The Bertz CT molecular complexity index is 1010. The molecule has 2 heterocycles. The van der Waals surface area contributed by atoms with Gasteiger partial charge in [-0.2, -0.15) is 0 Å². The Morgan fingerprint density at radius 1 is 1.24 bits per heavy atom. The van der Waals surface area contributed by atoms with Gasteiger partial charge in [0, 0.05) is 24.5 Å². The van der Waals surface area contributed by atoms with Crippen LogP contribution in [0.5, 0.6) is 0 Å². The van der Waals surface area contributed by atoms with Crippen LogP contribution in [0.15, 0.2) is 60.1 Å². The molecule has 1 aromatic carbocycles. The van der Waals surface area contributed by atoms with Crippen LogP contribution in [0.3, 0.4) is 0 Å². The molecule has 10 heteroatoms. The molecule has 0 saturated heterocycles. The quantitative estimate of drug-likeness (QED) is 0.551. The molecule has 0 saturated carbocycles. The summed E-state index contributed by atoms with van der Waals surface area (Å²) in [5.74, 6) is 0.576. The van der Waals surface area contributed by atoms with Crippen molar-refractivity contribution in [3.63, 3.8) is 0 Å². The predicted molar refractivity (Wildman–Crippen MR) is 90.0 cm³/mol. The molecular formula is C15H13N5O4S. The fourth-order valence-electron chi connectivity index (χ4n) is 2.20. The average molecular weight is 359 g/mol. The second-order valence-electron chi connectivity index (χ2n) is 5.19. The minimum absolute atomic E-state index is 0.152. The second kappa shape index (κ2) is 6.32. The Hall–Kier alpha value is -3.27. The van der Waals surface area contributed by atoms with E-state index in [-0.39, 0.29) is 16.3 Å². The maximum absolute atomic E-state index is 12.5. The minimum Gasteiger partial charge on any atom is -0.291 e. The van der Waals surface area contributed by atoms with E-state index in [9.17, 15) is 18.5 Å². The number of sulfonamides is 1. The summed E-state index contributed by atoms with van der Waals surface area (Å²) in [6, 6.07) is 6.86. The fraction of sp³-hybridized carbons (Fsp3) is 0.0667. The molecule has 128 valence electrons. The number of nitro groups is 1. The number of benzene rings is 1. The van der Waals surface area contributed by atoms with Crippen LogP contribution in [-0.2, 0) is 10.0 Å². The van der Waals surface area contributed by atoms with Crippen molar-refractivity contribution in [2.75, 3.05) is 4.72 Å². The average Bonchev–Trinajstić information content (AvgIpc) is 3.09. The fourth-order valence-corrected chi connectivity index (χ4v) is 3.50. The summed E-state index contributed by atoms with van der Waals surface area (Å²) < 4.78 is 29.1. The van der Waals surface area contributed by atoms with Crippen molar-refractivity contribution < 1.29 is 13.3 Å². The van der Waals surface area contributed by atoms with E-state index in [2.05, 4.69) is 14.7 Å². The van der Waals surface area contributed by atoms with Gasteiger partial charge >= 0.3 is 0 Å². The topological polar surface area (TPSA) is 120 Å². The van der Waals surface area contributed by atoms with E-state index in [1.54, 1.807) is 42.3 Å². The molecule has 25 heavy (non-hydrogen) atoms. The van der Waals surface area contributed by atoms with E-state index in [1.807, 2.05) is 0 Å². The smallest absolute Gasteiger partial charge is 0.270 e. The van der Waals surface area contributed by atoms with Crippen molar-refractivity contribution in [2.45, 2.75) is 11.8 Å². The SMILES string of the molecule is Cc1ccc([N+](=O)[O-])cc1S(=O)(=O)Nc1ccc(-n2ccnc2)nc1. The van der Waals surface area contributed by atoms with Crippen LogP contribution >= 0.6 is 0 Å². The molecule has 9 nitrogen and oxygen atoms in total. The molecule has 1 N–H and O–H groups in total. The molecule has 0 bridgehead atoms. The van der Waals surface area contributed by atoms with Gasteiger partial charge in [-0.3, -0.25) is 19.4 Å². The van der Waals surface area contributed by atoms with Crippen molar-refractivity contribution in [3.8, 4) is 5.82 Å². The summed E-state index contributed by atoms with van der Waals surface area (Å²) in [5, 5.41) is 10.9. The van der Waals surface area contributed by atoms with Gasteiger partial charge in [0.25, 0.3) is 15.7 Å². The Balaban J connectivity index is 1.89. The standard InChI is InChI=1S/C15H13N5O4S/c1-11-2-4-13(20(21)22)8-14(11)25(23,24)18-12-3-5-15(17-9-12)19-7-6-16-10-19/h2-10,18H,1H3. The highest BCUT2D eigenvalue weighted by atomic mass is 32.2. The second-order valence-corrected chi connectivity index (χ2v) is 6.84. The number of non-ortho nitro benzene ring substituents is 1. The van der Waals surface area contributed by atoms with E-state index in [1.165, 1.54) is 18.3 Å². The van der Waals surface area contributed by atoms with Crippen LogP contribution in [0.4, 0.5) is 11.4 Å². The summed E-state index contributed by atoms with van der Waals surface area (Å²) in [7, 11) is -3.98. The minimum atomic E-state index is -3.98. The number of hydrogen-bond donors (Lipinski definition) is 1. The molecule has 0 aliphatic carbocycles. The summed E-state index contributed by atoms with van der Waals surface area (Å²) in [4.78, 5) is 18.1. The number of nitrogens with one attached hydrogen (secondary N) is 1. The number of pyridine rings is 1. The molecule has 0 radical (unpaired) electrons. The first kappa shape index (κ1) is 16.6. The van der Waals surface area contributed by atoms with E-state index in [0.29, 0.717) is 11.4 Å². The van der Waals surface area contributed by atoms with Gasteiger partial charge in [0.15, 0.2) is 0 Å². The van der Waals surface area contributed by atoms with E-state index in [0.717, 1.165) is 6.07 Å². The van der Waals surface area contributed by atoms with Crippen molar-refractivity contribution >= 4 is 21.4 Å². The zero-order chi connectivity index (χ0) is 18.0. The molecule has 3 rings (SSSR count). The van der Waals surface area contributed by atoms with Gasteiger partial charge in [-0.1, -0.05) is 6.07 Å². The highest BCUT2D eigenvalue weighted by molar-refractivity contribution is 7.92. The van der Waals surface area contributed by atoms with Crippen molar-refractivity contribution in [1.82, 2.24) is 14.5 Å². The molecule has 0 aliphatic heterocycles. The number of rotatable bonds is 5. The molecule has 3 aromatic rings. The van der Waals surface area contributed by atoms with E-state index in [4.69, 9.17) is 0 Å². The van der Waals surface area contributed by atoms with Crippen LogP contribution < -0.4 is 4.72 Å². The molecule has 0 aliphatic rings. The lowest BCUT2D eigenvalue weighted by molar-refractivity contribution is -0.385. The van der Waals surface area contributed by atoms with Gasteiger partial charge in [0.2, 0.25) is 0 Å². The van der Waals surface area contributed by atoms with Gasteiger partial charge in [-0.15, -0.1) is 0 Å². The third kappa shape index (κ3) is 3.48. The summed E-state index contributed by atoms with van der Waals surface area (Å²) in [6.07, 6.45) is 6.24. The van der Waals surface area contributed by atoms with Crippen LogP contribution in [0.1, 0.15) is 5.56 Å². The zero-order valence-electron chi connectivity index (χ0n) is 13.0. The summed E-state index contributed by atoms with van der Waals surface area (Å²) >= 11 is 0. The Morgan fingerprint density at radius 3 is 2.64 bits per heavy atom. The van der Waals surface area contributed by atoms with Gasteiger partial charge < -0.3 is 0 Å². The van der Waals surface area contributed by atoms with Crippen molar-refractivity contribution in [1.29, 1.82) is 0 Å². The lowest BCUT2D eigenvalue weighted by Crippen LogP contribution is -2.15. The first-order chi connectivity index (χ1) is 11.9. The third-order valence-corrected chi connectivity index (χ3v) is 4.96. The lowest BCUT2D eigenvalue weighted by Gasteiger charge is -2.10. The summed E-state index contributed by atoms with van der Waals surface area (Å²) in [5.41, 5.74) is 0.357. The maximum atomic E-state index is 12.5. The number of nitrogens with zero attached hydrogens (tertiary/aromatic N) is 4. The molecular weight excluding hydrogens is 346 g/mol. The summed E-state index contributed by atoms with van der Waals surface area (Å²) in [6.45, 7) is 1.57. The molecule has 2 aromatic heterocycles. The van der Waals surface area contributed by atoms with Crippen LogP contribution in [0, 0.1) is 17.0 Å². The van der Waals surface area contributed by atoms with E-state index >= 15 is 0 Å². The highest BCUT2D eigenvalue weighted by Crippen LogP contribution is 2.24. The van der Waals surface area contributed by atoms with Gasteiger partial charge in [0.05, 0.1) is 21.7 Å². The van der Waals surface area contributed by atoms with Crippen LogP contribution in [0.2, 0.25) is 0 Å². The number of imidazole rings is 1. The van der Waals surface area contributed by atoms with Gasteiger partial charge in [-0.25, -0.2) is 18.4 Å². The normalized spacial score (nSPS) is 11.2. The van der Waals surface area contributed by atoms with Crippen molar-refractivity contribution in [3.05, 3.63) is 70.9 Å². The molecule has 0 fully saturated rings. The zero-order valence-corrected chi connectivity index (χ0v) is 13.8.